The fraction of sp³-hybridized carbons (Fsp3) is 1.00. The molecule has 1 N–H and O–H groups in total. The molecule has 66 valence electrons. The van der Waals surface area contributed by atoms with Gasteiger partial charge in [-0.25, -0.2) is 0 Å². The lowest BCUT2D eigenvalue weighted by atomic mass is 9.96. The minimum Gasteiger partial charge on any atom is -0.387 e. The lowest BCUT2D eigenvalue weighted by molar-refractivity contribution is -0.923. The molecule has 2 nitrogen and oxygen atoms in total. The molecule has 2 heteroatoms. The fourth-order valence-electron chi connectivity index (χ4n) is 2.21. The normalized spacial score (nSPS) is 33.3. The molecule has 0 amide bonds. The van der Waals surface area contributed by atoms with Crippen molar-refractivity contribution in [2.75, 3.05) is 20.6 Å². The van der Waals surface area contributed by atoms with Crippen LogP contribution in [-0.2, 0) is 0 Å². The number of aliphatic hydroxyl groups excluding tert-OH is 1. The predicted octanol–water partition coefficient (Wildman–Crippen LogP) is 0.996. The van der Waals surface area contributed by atoms with Crippen molar-refractivity contribution in [3.8, 4) is 0 Å². The molecule has 0 aromatic carbocycles. The SMILES string of the molecule is C[C@@H](O)[C@H]1CCCC[N+]1(C)C. The van der Waals surface area contributed by atoms with E-state index in [4.69, 9.17) is 0 Å². The quantitative estimate of drug-likeness (QED) is 0.564. The van der Waals surface area contributed by atoms with E-state index in [-0.39, 0.29) is 6.10 Å². The van der Waals surface area contributed by atoms with Gasteiger partial charge in [0.25, 0.3) is 0 Å². The molecule has 0 aromatic heterocycles. The number of hydrogen-bond acceptors (Lipinski definition) is 1. The second-order valence-electron chi connectivity index (χ2n) is 4.31. The summed E-state index contributed by atoms with van der Waals surface area (Å²) >= 11 is 0. The van der Waals surface area contributed by atoms with Crippen molar-refractivity contribution in [1.29, 1.82) is 0 Å². The van der Waals surface area contributed by atoms with E-state index < -0.39 is 0 Å². The van der Waals surface area contributed by atoms with E-state index in [1.807, 2.05) is 6.92 Å². The first-order chi connectivity index (χ1) is 5.04. The van der Waals surface area contributed by atoms with Gasteiger partial charge < -0.3 is 9.59 Å². The van der Waals surface area contributed by atoms with E-state index in [9.17, 15) is 5.11 Å². The van der Waals surface area contributed by atoms with Gasteiger partial charge in [-0.1, -0.05) is 0 Å². The number of nitrogens with zero attached hydrogens (tertiary/aromatic N) is 1. The van der Waals surface area contributed by atoms with E-state index in [1.54, 1.807) is 0 Å². The monoisotopic (exact) mass is 158 g/mol. The lowest BCUT2D eigenvalue weighted by Crippen LogP contribution is -2.56. The fourth-order valence-corrected chi connectivity index (χ4v) is 2.21. The molecule has 0 aromatic rings. The zero-order valence-electron chi connectivity index (χ0n) is 7.88. The number of likely N-dealkylation sites (tertiary alicyclic amines) is 1. The van der Waals surface area contributed by atoms with Crippen molar-refractivity contribution < 1.29 is 9.59 Å². The van der Waals surface area contributed by atoms with E-state index in [0.29, 0.717) is 6.04 Å². The minimum absolute atomic E-state index is 0.148. The molecule has 1 fully saturated rings. The minimum atomic E-state index is -0.148. The summed E-state index contributed by atoms with van der Waals surface area (Å²) in [7, 11) is 4.44. The third-order valence-corrected chi connectivity index (χ3v) is 2.94. The Morgan fingerprint density at radius 3 is 2.36 bits per heavy atom. The molecular weight excluding hydrogens is 138 g/mol. The van der Waals surface area contributed by atoms with Crippen molar-refractivity contribution in [1.82, 2.24) is 0 Å². The standard InChI is InChI=1S/C9H20NO/c1-8(11)9-6-4-5-7-10(9,2)3/h8-9,11H,4-7H2,1-3H3/q+1/t8-,9-/m1/s1. The summed E-state index contributed by atoms with van der Waals surface area (Å²) in [5, 5.41) is 9.50. The van der Waals surface area contributed by atoms with Gasteiger partial charge in [0.2, 0.25) is 0 Å². The van der Waals surface area contributed by atoms with Gasteiger partial charge in [-0.05, 0) is 19.8 Å². The number of likely N-dealkylation sites (N-methyl/N-ethyl adjacent to an activating group) is 1. The first kappa shape index (κ1) is 9.01. The Kier molecular flexibility index (Phi) is 2.55. The second-order valence-corrected chi connectivity index (χ2v) is 4.31. The highest BCUT2D eigenvalue weighted by atomic mass is 16.3. The van der Waals surface area contributed by atoms with Gasteiger partial charge in [-0.2, -0.15) is 0 Å². The predicted molar refractivity (Wildman–Crippen MR) is 46.3 cm³/mol. The van der Waals surface area contributed by atoms with Gasteiger partial charge in [0.05, 0.1) is 20.6 Å². The zero-order valence-corrected chi connectivity index (χ0v) is 7.88. The summed E-state index contributed by atoms with van der Waals surface area (Å²) < 4.78 is 0.998. The zero-order chi connectivity index (χ0) is 8.48. The molecule has 0 saturated carbocycles. The molecule has 0 bridgehead atoms. The summed E-state index contributed by atoms with van der Waals surface area (Å²) in [4.78, 5) is 0. The molecule has 0 aliphatic carbocycles. The van der Waals surface area contributed by atoms with Gasteiger partial charge in [-0.3, -0.25) is 0 Å². The number of hydrogen-bond donors (Lipinski definition) is 1. The van der Waals surface area contributed by atoms with E-state index in [1.165, 1.54) is 25.8 Å². The van der Waals surface area contributed by atoms with Crippen LogP contribution in [0.1, 0.15) is 26.2 Å². The highest BCUT2D eigenvalue weighted by Gasteiger charge is 2.34. The third kappa shape index (κ3) is 1.94. The molecule has 11 heavy (non-hydrogen) atoms. The summed E-state index contributed by atoms with van der Waals surface area (Å²) in [6.45, 7) is 3.13. The average molecular weight is 158 g/mol. The van der Waals surface area contributed by atoms with Crippen LogP contribution >= 0.6 is 0 Å². The van der Waals surface area contributed by atoms with E-state index >= 15 is 0 Å². The summed E-state index contributed by atoms with van der Waals surface area (Å²) in [5.74, 6) is 0. The van der Waals surface area contributed by atoms with E-state index in [0.717, 1.165) is 4.48 Å². The molecule has 1 heterocycles. The molecule has 1 aliphatic heterocycles. The smallest absolute Gasteiger partial charge is 0.115 e. The second kappa shape index (κ2) is 3.11. The maximum absolute atomic E-state index is 9.50. The molecule has 0 spiro atoms. The van der Waals surface area contributed by atoms with Crippen LogP contribution in [0.25, 0.3) is 0 Å². The van der Waals surface area contributed by atoms with E-state index in [2.05, 4.69) is 14.1 Å². The Hall–Kier alpha value is -0.0800. The largest absolute Gasteiger partial charge is 0.387 e. The Labute approximate surface area is 69.4 Å². The van der Waals surface area contributed by atoms with Gasteiger partial charge >= 0.3 is 0 Å². The molecule has 0 unspecified atom stereocenters. The van der Waals surface area contributed by atoms with Crippen LogP contribution in [0.4, 0.5) is 0 Å². The number of aliphatic hydroxyl groups is 1. The summed E-state index contributed by atoms with van der Waals surface area (Å²) in [6, 6.07) is 0.462. The highest BCUT2D eigenvalue weighted by molar-refractivity contribution is 4.69. The topological polar surface area (TPSA) is 20.2 Å². The third-order valence-electron chi connectivity index (χ3n) is 2.94. The molecule has 2 atom stereocenters. The lowest BCUT2D eigenvalue weighted by Gasteiger charge is -2.42. The first-order valence-electron chi connectivity index (χ1n) is 4.55. The van der Waals surface area contributed by atoms with Gasteiger partial charge in [0.1, 0.15) is 12.1 Å². The van der Waals surface area contributed by atoms with Crippen LogP contribution in [-0.4, -0.2) is 42.4 Å². The van der Waals surface area contributed by atoms with Crippen LogP contribution in [0.2, 0.25) is 0 Å². The van der Waals surface area contributed by atoms with Gasteiger partial charge in [0, 0.05) is 6.42 Å². The molecule has 0 radical (unpaired) electrons. The number of quaternary nitrogens is 1. The van der Waals surface area contributed by atoms with Crippen LogP contribution < -0.4 is 0 Å². The molecular formula is C9H20NO+. The van der Waals surface area contributed by atoms with Crippen molar-refractivity contribution in [2.24, 2.45) is 0 Å². The highest BCUT2D eigenvalue weighted by Crippen LogP contribution is 2.23. The van der Waals surface area contributed by atoms with Crippen molar-refractivity contribution >= 4 is 0 Å². The Morgan fingerprint density at radius 2 is 2.00 bits per heavy atom. The molecule has 1 saturated heterocycles. The molecule has 1 rings (SSSR count). The van der Waals surface area contributed by atoms with Crippen LogP contribution in [0.3, 0.4) is 0 Å². The van der Waals surface area contributed by atoms with Crippen LogP contribution in [0, 0.1) is 0 Å². The van der Waals surface area contributed by atoms with Crippen molar-refractivity contribution in [3.05, 3.63) is 0 Å². The maximum atomic E-state index is 9.50. The van der Waals surface area contributed by atoms with Crippen molar-refractivity contribution in [3.63, 3.8) is 0 Å². The Balaban J connectivity index is 2.60. The van der Waals surface area contributed by atoms with Crippen molar-refractivity contribution in [2.45, 2.75) is 38.3 Å². The van der Waals surface area contributed by atoms with Gasteiger partial charge in [0.15, 0.2) is 0 Å². The Bertz CT molecular complexity index is 132. The Morgan fingerprint density at radius 1 is 1.36 bits per heavy atom. The van der Waals surface area contributed by atoms with Crippen LogP contribution in [0.15, 0.2) is 0 Å². The van der Waals surface area contributed by atoms with Gasteiger partial charge in [-0.15, -0.1) is 0 Å². The average Bonchev–Trinajstić information content (AvgIpc) is 1.85. The first-order valence-corrected chi connectivity index (χ1v) is 4.55. The summed E-state index contributed by atoms with van der Waals surface area (Å²) in [5.41, 5.74) is 0. The summed E-state index contributed by atoms with van der Waals surface area (Å²) in [6.07, 6.45) is 3.64. The number of rotatable bonds is 1. The molecule has 1 aliphatic rings. The van der Waals surface area contributed by atoms with Crippen LogP contribution in [0.5, 0.6) is 0 Å². The maximum Gasteiger partial charge on any atom is 0.115 e. The number of piperidine rings is 1.